The summed E-state index contributed by atoms with van der Waals surface area (Å²) in [7, 11) is 0. The summed E-state index contributed by atoms with van der Waals surface area (Å²) in [6.07, 6.45) is 0.416. The second kappa shape index (κ2) is 7.57. The standard InChI is InChI=1S/C16H21N5O2S/c1-5-14(23)17-12-8-6-11(7-9-12)13(22)10-24-15-18-19-20-21(15)16(2,3)4/h6-9H,5,10H2,1-4H3,(H,17,23). The average Bonchev–Trinajstić information content (AvgIpc) is 3.02. The van der Waals surface area contributed by atoms with Crippen LogP contribution in [0.15, 0.2) is 29.4 Å². The monoisotopic (exact) mass is 347 g/mol. The Labute approximate surface area is 145 Å². The zero-order chi connectivity index (χ0) is 17.7. The zero-order valence-corrected chi connectivity index (χ0v) is 15.1. The molecule has 0 unspecified atom stereocenters. The van der Waals surface area contributed by atoms with Gasteiger partial charge in [0.15, 0.2) is 5.78 Å². The van der Waals surface area contributed by atoms with Gasteiger partial charge in [-0.05, 0) is 55.5 Å². The molecule has 128 valence electrons. The van der Waals surface area contributed by atoms with Crippen molar-refractivity contribution < 1.29 is 9.59 Å². The Morgan fingerprint density at radius 2 is 1.88 bits per heavy atom. The Hall–Kier alpha value is -2.22. The van der Waals surface area contributed by atoms with Crippen molar-refractivity contribution in [1.82, 2.24) is 20.2 Å². The van der Waals surface area contributed by atoms with Gasteiger partial charge in [0.2, 0.25) is 11.1 Å². The van der Waals surface area contributed by atoms with Crippen molar-refractivity contribution in [1.29, 1.82) is 0 Å². The second-order valence-electron chi connectivity index (χ2n) is 6.24. The van der Waals surface area contributed by atoms with Gasteiger partial charge < -0.3 is 5.32 Å². The van der Waals surface area contributed by atoms with Crippen LogP contribution >= 0.6 is 11.8 Å². The number of carbonyl (C=O) groups is 2. The van der Waals surface area contributed by atoms with Gasteiger partial charge in [-0.25, -0.2) is 4.68 Å². The lowest BCUT2D eigenvalue weighted by atomic mass is 10.1. The Bertz CT molecular complexity index is 719. The number of hydrogen-bond acceptors (Lipinski definition) is 6. The molecular weight excluding hydrogens is 326 g/mol. The van der Waals surface area contributed by atoms with E-state index in [0.29, 0.717) is 22.8 Å². The summed E-state index contributed by atoms with van der Waals surface area (Å²) in [6.45, 7) is 7.78. The zero-order valence-electron chi connectivity index (χ0n) is 14.2. The minimum atomic E-state index is -0.242. The fraction of sp³-hybridized carbons (Fsp3) is 0.438. The second-order valence-corrected chi connectivity index (χ2v) is 7.18. The summed E-state index contributed by atoms with van der Waals surface area (Å²) >= 11 is 1.31. The van der Waals surface area contributed by atoms with Crippen LogP contribution in [0.25, 0.3) is 0 Å². The van der Waals surface area contributed by atoms with Crippen molar-refractivity contribution in [2.24, 2.45) is 0 Å². The molecule has 24 heavy (non-hydrogen) atoms. The minimum absolute atomic E-state index is 0.0168. The molecule has 0 radical (unpaired) electrons. The van der Waals surface area contributed by atoms with Crippen LogP contribution in [0, 0.1) is 0 Å². The van der Waals surface area contributed by atoms with E-state index in [-0.39, 0.29) is 23.0 Å². The van der Waals surface area contributed by atoms with E-state index in [1.165, 1.54) is 11.8 Å². The van der Waals surface area contributed by atoms with Gasteiger partial charge in [0.1, 0.15) is 0 Å². The number of rotatable bonds is 6. The fourth-order valence-electron chi connectivity index (χ4n) is 1.89. The summed E-state index contributed by atoms with van der Waals surface area (Å²) in [5.41, 5.74) is 1.03. The van der Waals surface area contributed by atoms with Crippen LogP contribution in [0.2, 0.25) is 0 Å². The molecule has 0 atom stereocenters. The van der Waals surface area contributed by atoms with Gasteiger partial charge in [-0.2, -0.15) is 0 Å². The number of anilines is 1. The first-order valence-electron chi connectivity index (χ1n) is 7.66. The maximum Gasteiger partial charge on any atom is 0.224 e. The molecule has 2 rings (SSSR count). The Balaban J connectivity index is 1.98. The van der Waals surface area contributed by atoms with Crippen LogP contribution < -0.4 is 5.32 Å². The molecule has 0 saturated heterocycles. The SMILES string of the molecule is CCC(=O)Nc1ccc(C(=O)CSc2nnnn2C(C)(C)C)cc1. The highest BCUT2D eigenvalue weighted by Gasteiger charge is 2.20. The van der Waals surface area contributed by atoms with Gasteiger partial charge in [0.05, 0.1) is 11.3 Å². The van der Waals surface area contributed by atoms with Crippen molar-refractivity contribution in [3.63, 3.8) is 0 Å². The molecule has 1 aromatic carbocycles. The molecule has 1 N–H and O–H groups in total. The van der Waals surface area contributed by atoms with Crippen molar-refractivity contribution in [2.45, 2.75) is 44.8 Å². The molecule has 0 saturated carbocycles. The van der Waals surface area contributed by atoms with E-state index in [1.54, 1.807) is 35.9 Å². The van der Waals surface area contributed by atoms with E-state index in [4.69, 9.17) is 0 Å². The fourth-order valence-corrected chi connectivity index (χ4v) is 2.85. The highest BCUT2D eigenvalue weighted by atomic mass is 32.2. The number of carbonyl (C=O) groups excluding carboxylic acids is 2. The quantitative estimate of drug-likeness (QED) is 0.638. The number of nitrogens with one attached hydrogen (secondary N) is 1. The minimum Gasteiger partial charge on any atom is -0.326 e. The maximum absolute atomic E-state index is 12.3. The molecule has 1 aromatic heterocycles. The first kappa shape index (κ1) is 18.1. The van der Waals surface area contributed by atoms with Crippen LogP contribution in [0.3, 0.4) is 0 Å². The first-order valence-corrected chi connectivity index (χ1v) is 8.64. The molecule has 7 nitrogen and oxygen atoms in total. The molecule has 0 aliphatic rings. The van der Waals surface area contributed by atoms with Crippen LogP contribution in [-0.2, 0) is 10.3 Å². The third kappa shape index (κ3) is 4.64. The number of thioether (sulfide) groups is 1. The number of aromatic nitrogens is 4. The van der Waals surface area contributed by atoms with Crippen LogP contribution in [0.1, 0.15) is 44.5 Å². The van der Waals surface area contributed by atoms with Crippen LogP contribution in [0.5, 0.6) is 0 Å². The van der Waals surface area contributed by atoms with E-state index >= 15 is 0 Å². The molecule has 0 aliphatic carbocycles. The third-order valence-corrected chi connectivity index (χ3v) is 4.14. The summed E-state index contributed by atoms with van der Waals surface area (Å²) in [5.74, 6) is 0.174. The van der Waals surface area contributed by atoms with Gasteiger partial charge in [0, 0.05) is 17.7 Å². The smallest absolute Gasteiger partial charge is 0.224 e. The van der Waals surface area contributed by atoms with Gasteiger partial charge in [0.25, 0.3) is 0 Å². The molecule has 0 fully saturated rings. The number of amides is 1. The van der Waals surface area contributed by atoms with E-state index in [9.17, 15) is 9.59 Å². The van der Waals surface area contributed by atoms with Crippen molar-refractivity contribution in [2.75, 3.05) is 11.1 Å². The Kier molecular flexibility index (Phi) is 5.71. The predicted octanol–water partition coefficient (Wildman–Crippen LogP) is 2.75. The van der Waals surface area contributed by atoms with Crippen LogP contribution in [0.4, 0.5) is 5.69 Å². The van der Waals surface area contributed by atoms with Gasteiger partial charge in [-0.15, -0.1) is 5.10 Å². The molecule has 1 heterocycles. The highest BCUT2D eigenvalue weighted by molar-refractivity contribution is 7.99. The molecule has 0 bridgehead atoms. The summed E-state index contributed by atoms with van der Waals surface area (Å²) in [6, 6.07) is 6.87. The van der Waals surface area contributed by atoms with E-state index in [0.717, 1.165) is 0 Å². The molecule has 8 heteroatoms. The number of benzene rings is 1. The number of tetrazole rings is 1. The lowest BCUT2D eigenvalue weighted by Crippen LogP contribution is -2.24. The molecule has 2 aromatic rings. The normalized spacial score (nSPS) is 11.3. The average molecular weight is 347 g/mol. The molecular formula is C16H21N5O2S. The van der Waals surface area contributed by atoms with Gasteiger partial charge >= 0.3 is 0 Å². The highest BCUT2D eigenvalue weighted by Crippen LogP contribution is 2.22. The lowest BCUT2D eigenvalue weighted by molar-refractivity contribution is -0.115. The summed E-state index contributed by atoms with van der Waals surface area (Å²) < 4.78 is 1.70. The Morgan fingerprint density at radius 3 is 2.46 bits per heavy atom. The number of ketones is 1. The van der Waals surface area contributed by atoms with Crippen molar-refractivity contribution >= 4 is 29.1 Å². The third-order valence-electron chi connectivity index (χ3n) is 3.22. The topological polar surface area (TPSA) is 89.8 Å². The predicted molar refractivity (Wildman–Crippen MR) is 93.2 cm³/mol. The molecule has 1 amide bonds. The van der Waals surface area contributed by atoms with Gasteiger partial charge in [-0.3, -0.25) is 9.59 Å². The number of hydrogen-bond donors (Lipinski definition) is 1. The van der Waals surface area contributed by atoms with E-state index < -0.39 is 0 Å². The number of nitrogens with zero attached hydrogens (tertiary/aromatic N) is 4. The van der Waals surface area contributed by atoms with E-state index in [1.807, 2.05) is 20.8 Å². The maximum atomic E-state index is 12.3. The summed E-state index contributed by atoms with van der Waals surface area (Å²) in [4.78, 5) is 23.6. The molecule has 0 spiro atoms. The summed E-state index contributed by atoms with van der Waals surface area (Å²) in [5, 5.41) is 15.0. The van der Waals surface area contributed by atoms with Crippen LogP contribution in [-0.4, -0.2) is 37.7 Å². The van der Waals surface area contributed by atoms with Crippen molar-refractivity contribution in [3.05, 3.63) is 29.8 Å². The molecule has 0 aliphatic heterocycles. The van der Waals surface area contributed by atoms with Crippen molar-refractivity contribution in [3.8, 4) is 0 Å². The number of Topliss-reactive ketones (excluding diaryl/α,β-unsaturated/α-hetero) is 1. The van der Waals surface area contributed by atoms with E-state index in [2.05, 4.69) is 20.8 Å². The first-order chi connectivity index (χ1) is 11.3. The van der Waals surface area contributed by atoms with Gasteiger partial charge in [-0.1, -0.05) is 18.7 Å². The lowest BCUT2D eigenvalue weighted by Gasteiger charge is -2.19. The Morgan fingerprint density at radius 1 is 1.21 bits per heavy atom. The largest absolute Gasteiger partial charge is 0.326 e.